The summed E-state index contributed by atoms with van der Waals surface area (Å²) in [5, 5.41) is 0. The van der Waals surface area contributed by atoms with E-state index in [1.54, 1.807) is 24.3 Å². The molecule has 0 N–H and O–H groups in total. The number of hydrogen-bond donors (Lipinski definition) is 0. The van der Waals surface area contributed by atoms with Gasteiger partial charge in [0, 0.05) is 11.1 Å². The molecule has 2 heteroatoms. The van der Waals surface area contributed by atoms with Crippen LogP contribution in [0.3, 0.4) is 0 Å². The highest BCUT2D eigenvalue weighted by atomic mass is 16.1. The minimum Gasteiger partial charge on any atom is -0.293 e. The minimum atomic E-state index is -0.299. The first-order valence-corrected chi connectivity index (χ1v) is 7.31. The summed E-state index contributed by atoms with van der Waals surface area (Å²) in [6, 6.07) is 7.06. The highest BCUT2D eigenvalue weighted by Crippen LogP contribution is 2.33. The molecule has 0 amide bonds. The summed E-state index contributed by atoms with van der Waals surface area (Å²) in [4.78, 5) is 24.3. The van der Waals surface area contributed by atoms with Gasteiger partial charge in [-0.3, -0.25) is 9.59 Å². The Labute approximate surface area is 121 Å². The first-order valence-electron chi connectivity index (χ1n) is 7.31. The molecule has 3 rings (SSSR count). The van der Waals surface area contributed by atoms with Crippen LogP contribution in [0.2, 0.25) is 0 Å². The Morgan fingerprint density at radius 2 is 1.05 bits per heavy atom. The van der Waals surface area contributed by atoms with Gasteiger partial charge in [0.2, 0.25) is 0 Å². The Morgan fingerprint density at radius 1 is 0.700 bits per heavy atom. The van der Waals surface area contributed by atoms with Crippen LogP contribution in [0.25, 0.3) is 0 Å². The van der Waals surface area contributed by atoms with Gasteiger partial charge in [-0.1, -0.05) is 76.3 Å². The number of benzene rings is 1. The maximum Gasteiger partial charge on any atom is 0.171 e. The van der Waals surface area contributed by atoms with Crippen LogP contribution >= 0.6 is 0 Å². The lowest BCUT2D eigenvalue weighted by molar-refractivity contribution is 0.0801. The number of carbonyl (C=O) groups excluding carboxylic acids is 2. The van der Waals surface area contributed by atoms with Crippen molar-refractivity contribution in [2.45, 2.75) is 27.7 Å². The highest BCUT2D eigenvalue weighted by molar-refractivity contribution is 6.17. The van der Waals surface area contributed by atoms with Gasteiger partial charge in [-0.05, 0) is 0 Å². The normalized spacial score (nSPS) is 21.8. The van der Waals surface area contributed by atoms with E-state index in [1.165, 1.54) is 0 Å². The molecule has 2 unspecified atom stereocenters. The van der Waals surface area contributed by atoms with E-state index in [0.29, 0.717) is 11.1 Å². The molecule has 0 heterocycles. The van der Waals surface area contributed by atoms with Crippen LogP contribution in [-0.4, -0.2) is 11.6 Å². The van der Waals surface area contributed by atoms with Crippen molar-refractivity contribution in [3.8, 4) is 0 Å². The van der Waals surface area contributed by atoms with Gasteiger partial charge in [0.05, 0.1) is 11.8 Å². The zero-order valence-corrected chi connectivity index (χ0v) is 12.6. The molecule has 0 saturated carbocycles. The molecule has 2 atom stereocenters. The quantitative estimate of drug-likeness (QED) is 0.696. The standard InChI is InChI=1S/C14H10O2.2C2H6/c15-13-9-5-1-2-6-10(9)14(16)12-8-4-3-7-11(12)13;2*1-2/h1-10H;2*1-2H3. The third-order valence-electron chi connectivity index (χ3n) is 3.20. The SMILES string of the molecule is CC.CC.O=C1c2ccccc2C(=O)C2C=CC=CC12. The molecule has 0 aliphatic heterocycles. The predicted octanol–water partition coefficient (Wildman–Crippen LogP) is 4.48. The topological polar surface area (TPSA) is 34.1 Å². The van der Waals surface area contributed by atoms with E-state index in [2.05, 4.69) is 0 Å². The molecule has 2 nitrogen and oxygen atoms in total. The van der Waals surface area contributed by atoms with E-state index in [1.807, 2.05) is 52.0 Å². The maximum atomic E-state index is 12.2. The molecule has 20 heavy (non-hydrogen) atoms. The van der Waals surface area contributed by atoms with Crippen molar-refractivity contribution in [3.05, 3.63) is 59.7 Å². The van der Waals surface area contributed by atoms with Gasteiger partial charge in [-0.25, -0.2) is 0 Å². The van der Waals surface area contributed by atoms with Crippen LogP contribution in [0.4, 0.5) is 0 Å². The van der Waals surface area contributed by atoms with Gasteiger partial charge in [0.15, 0.2) is 11.6 Å². The smallest absolute Gasteiger partial charge is 0.171 e. The van der Waals surface area contributed by atoms with Gasteiger partial charge in [-0.2, -0.15) is 0 Å². The third-order valence-corrected chi connectivity index (χ3v) is 3.20. The summed E-state index contributed by atoms with van der Waals surface area (Å²) in [6.45, 7) is 8.00. The minimum absolute atomic E-state index is 0.0563. The van der Waals surface area contributed by atoms with E-state index in [4.69, 9.17) is 0 Å². The highest BCUT2D eigenvalue weighted by Gasteiger charge is 2.38. The van der Waals surface area contributed by atoms with Crippen molar-refractivity contribution in [3.63, 3.8) is 0 Å². The summed E-state index contributed by atoms with van der Waals surface area (Å²) in [5.41, 5.74) is 1.13. The maximum absolute atomic E-state index is 12.2. The molecule has 0 saturated heterocycles. The lowest BCUT2D eigenvalue weighted by Gasteiger charge is -2.28. The summed E-state index contributed by atoms with van der Waals surface area (Å²) in [7, 11) is 0. The molecule has 1 aromatic rings. The van der Waals surface area contributed by atoms with E-state index in [9.17, 15) is 9.59 Å². The van der Waals surface area contributed by atoms with Crippen LogP contribution in [0.1, 0.15) is 48.4 Å². The lowest BCUT2D eigenvalue weighted by atomic mass is 9.72. The molecule has 1 aromatic carbocycles. The number of allylic oxidation sites excluding steroid dienone is 4. The van der Waals surface area contributed by atoms with Gasteiger partial charge in [0.25, 0.3) is 0 Å². The van der Waals surface area contributed by atoms with Crippen LogP contribution in [0, 0.1) is 11.8 Å². The molecule has 106 valence electrons. The van der Waals surface area contributed by atoms with Crippen LogP contribution in [0.15, 0.2) is 48.6 Å². The van der Waals surface area contributed by atoms with E-state index < -0.39 is 0 Å². The number of ketones is 2. The molecule has 0 spiro atoms. The van der Waals surface area contributed by atoms with Crippen LogP contribution in [-0.2, 0) is 0 Å². The van der Waals surface area contributed by atoms with Crippen LogP contribution in [0.5, 0.6) is 0 Å². The number of carbonyl (C=O) groups is 2. The monoisotopic (exact) mass is 270 g/mol. The first-order chi connectivity index (χ1) is 9.79. The molecule has 0 aromatic heterocycles. The van der Waals surface area contributed by atoms with Crippen molar-refractivity contribution in [1.82, 2.24) is 0 Å². The molecular formula is C18H22O2. The van der Waals surface area contributed by atoms with Gasteiger partial charge in [0.1, 0.15) is 0 Å². The number of rotatable bonds is 0. The fraction of sp³-hybridized carbons (Fsp3) is 0.333. The summed E-state index contributed by atoms with van der Waals surface area (Å²) < 4.78 is 0. The third kappa shape index (κ3) is 2.79. The van der Waals surface area contributed by atoms with Gasteiger partial charge >= 0.3 is 0 Å². The lowest BCUT2D eigenvalue weighted by Crippen LogP contribution is -2.35. The fourth-order valence-corrected chi connectivity index (χ4v) is 2.38. The second-order valence-corrected chi connectivity index (χ2v) is 4.10. The van der Waals surface area contributed by atoms with Crippen LogP contribution < -0.4 is 0 Å². The van der Waals surface area contributed by atoms with Crippen molar-refractivity contribution in [2.24, 2.45) is 11.8 Å². The molecule has 0 bridgehead atoms. The predicted molar refractivity (Wildman–Crippen MR) is 83.1 cm³/mol. The Bertz CT molecular complexity index is 489. The van der Waals surface area contributed by atoms with Gasteiger partial charge < -0.3 is 0 Å². The Kier molecular flexibility index (Phi) is 6.10. The average Bonchev–Trinajstić information content (AvgIpc) is 2.56. The second-order valence-electron chi connectivity index (χ2n) is 4.10. The second kappa shape index (κ2) is 7.59. The zero-order chi connectivity index (χ0) is 15.1. The summed E-state index contributed by atoms with van der Waals surface area (Å²) >= 11 is 0. The van der Waals surface area contributed by atoms with Crippen molar-refractivity contribution < 1.29 is 9.59 Å². The van der Waals surface area contributed by atoms with E-state index in [-0.39, 0.29) is 23.4 Å². The van der Waals surface area contributed by atoms with Gasteiger partial charge in [-0.15, -0.1) is 0 Å². The Hall–Kier alpha value is -1.96. The van der Waals surface area contributed by atoms with Crippen molar-refractivity contribution >= 4 is 11.6 Å². The van der Waals surface area contributed by atoms with E-state index in [0.717, 1.165) is 0 Å². The molecule has 0 fully saturated rings. The average molecular weight is 270 g/mol. The summed E-state index contributed by atoms with van der Waals surface area (Å²) in [5.74, 6) is -0.485. The van der Waals surface area contributed by atoms with Crippen molar-refractivity contribution in [1.29, 1.82) is 0 Å². The molecular weight excluding hydrogens is 248 g/mol. The zero-order valence-electron chi connectivity index (χ0n) is 12.6. The largest absolute Gasteiger partial charge is 0.293 e. The number of hydrogen-bond acceptors (Lipinski definition) is 2. The van der Waals surface area contributed by atoms with Crippen molar-refractivity contribution in [2.75, 3.05) is 0 Å². The van der Waals surface area contributed by atoms with E-state index >= 15 is 0 Å². The molecule has 2 aliphatic rings. The Balaban J connectivity index is 0.000000461. The fourth-order valence-electron chi connectivity index (χ4n) is 2.38. The first kappa shape index (κ1) is 16.1. The molecule has 2 aliphatic carbocycles. The number of fused-ring (bicyclic) bond motifs is 2. The summed E-state index contributed by atoms with van der Waals surface area (Å²) in [6.07, 6.45) is 7.31. The molecule has 0 radical (unpaired) electrons. The number of Topliss-reactive ketones (excluding diaryl/α,β-unsaturated/α-hetero) is 2. The Morgan fingerprint density at radius 3 is 1.40 bits per heavy atom.